The third-order valence-corrected chi connectivity index (χ3v) is 9.23. The molecule has 1 saturated heterocycles. The monoisotopic (exact) mass is 583 g/mol. The average Bonchev–Trinajstić information content (AvgIpc) is 3.37. The van der Waals surface area contributed by atoms with Crippen LogP contribution >= 0.6 is 23.4 Å². The number of benzene rings is 3. The van der Waals surface area contributed by atoms with Crippen LogP contribution in [-0.2, 0) is 19.6 Å². The molecule has 0 bridgehead atoms. The number of carbonyl (C=O) groups is 1. The van der Waals surface area contributed by atoms with Gasteiger partial charge in [0.15, 0.2) is 11.0 Å². The highest BCUT2D eigenvalue weighted by Gasteiger charge is 2.26. The zero-order valence-corrected chi connectivity index (χ0v) is 23.5. The number of rotatable bonds is 8. The Balaban J connectivity index is 1.34. The van der Waals surface area contributed by atoms with Crippen molar-refractivity contribution < 1.29 is 17.9 Å². The van der Waals surface area contributed by atoms with Crippen LogP contribution in [0.25, 0.3) is 17.1 Å². The number of aryl methyl sites for hydroxylation is 1. The van der Waals surface area contributed by atoms with Crippen LogP contribution in [0.3, 0.4) is 0 Å². The molecule has 9 nitrogen and oxygen atoms in total. The molecule has 39 heavy (non-hydrogen) atoms. The molecule has 0 radical (unpaired) electrons. The second-order valence-corrected chi connectivity index (χ2v) is 12.1. The standard InChI is InChI=1S/C27H26ClN5O4S2/c1-19-5-2-3-8-24(19)33-26(20-9-11-21(28)12-10-20)30-31-27(33)38-18-25(34)29-22-6-4-7-23(17-22)39(35,36)32-13-15-37-16-14-32/h2-12,17H,13-16,18H2,1H3,(H,29,34). The van der Waals surface area contributed by atoms with Gasteiger partial charge in [-0.1, -0.05) is 47.6 Å². The van der Waals surface area contributed by atoms with Gasteiger partial charge >= 0.3 is 0 Å². The quantitative estimate of drug-likeness (QED) is 0.301. The average molecular weight is 584 g/mol. The highest BCUT2D eigenvalue weighted by molar-refractivity contribution is 7.99. The fourth-order valence-corrected chi connectivity index (χ4v) is 6.50. The van der Waals surface area contributed by atoms with Crippen molar-refractivity contribution in [3.05, 3.63) is 83.4 Å². The number of ether oxygens (including phenoxy) is 1. The maximum Gasteiger partial charge on any atom is 0.243 e. The number of para-hydroxylation sites is 1. The number of nitrogens with one attached hydrogen (secondary N) is 1. The number of morpholine rings is 1. The smallest absolute Gasteiger partial charge is 0.243 e. The Morgan fingerprint density at radius 2 is 1.77 bits per heavy atom. The largest absolute Gasteiger partial charge is 0.379 e. The minimum atomic E-state index is -3.68. The second kappa shape index (κ2) is 11.9. The summed E-state index contributed by atoms with van der Waals surface area (Å²) < 4.78 is 34.6. The van der Waals surface area contributed by atoms with E-state index in [1.165, 1.54) is 28.2 Å². The van der Waals surface area contributed by atoms with E-state index >= 15 is 0 Å². The molecule has 5 rings (SSSR count). The number of aromatic nitrogens is 3. The molecular weight excluding hydrogens is 558 g/mol. The lowest BCUT2D eigenvalue weighted by Crippen LogP contribution is -2.40. The first-order chi connectivity index (χ1) is 18.8. The van der Waals surface area contributed by atoms with Gasteiger partial charge in [0.25, 0.3) is 0 Å². The van der Waals surface area contributed by atoms with Crippen molar-refractivity contribution in [2.45, 2.75) is 17.0 Å². The van der Waals surface area contributed by atoms with Crippen LogP contribution in [-0.4, -0.2) is 65.5 Å². The van der Waals surface area contributed by atoms with E-state index in [1.807, 2.05) is 47.9 Å². The zero-order chi connectivity index (χ0) is 27.4. The van der Waals surface area contributed by atoms with E-state index < -0.39 is 10.0 Å². The van der Waals surface area contributed by atoms with Gasteiger partial charge in [0.2, 0.25) is 15.9 Å². The summed E-state index contributed by atoms with van der Waals surface area (Å²) in [6, 6.07) is 21.5. The van der Waals surface area contributed by atoms with E-state index in [9.17, 15) is 13.2 Å². The number of anilines is 1. The van der Waals surface area contributed by atoms with Gasteiger partial charge in [-0.05, 0) is 61.0 Å². The normalized spacial score (nSPS) is 14.3. The van der Waals surface area contributed by atoms with Crippen LogP contribution < -0.4 is 5.32 Å². The number of sulfonamides is 1. The van der Waals surface area contributed by atoms with Crippen molar-refractivity contribution in [2.75, 3.05) is 37.4 Å². The molecule has 202 valence electrons. The van der Waals surface area contributed by atoms with E-state index in [1.54, 1.807) is 24.3 Å². The molecule has 1 N–H and O–H groups in total. The first kappa shape index (κ1) is 27.4. The highest BCUT2D eigenvalue weighted by Crippen LogP contribution is 2.30. The van der Waals surface area contributed by atoms with Crippen molar-refractivity contribution in [1.82, 2.24) is 19.1 Å². The molecule has 2 heterocycles. The van der Waals surface area contributed by atoms with Crippen molar-refractivity contribution >= 4 is 45.0 Å². The molecule has 1 aliphatic heterocycles. The maximum atomic E-state index is 13.0. The molecule has 4 aromatic rings. The Morgan fingerprint density at radius 1 is 1.03 bits per heavy atom. The summed E-state index contributed by atoms with van der Waals surface area (Å²) in [7, 11) is -3.68. The van der Waals surface area contributed by atoms with Gasteiger partial charge in [-0.15, -0.1) is 10.2 Å². The molecule has 3 aromatic carbocycles. The summed E-state index contributed by atoms with van der Waals surface area (Å²) >= 11 is 7.32. The Hall–Kier alpha value is -3.22. The van der Waals surface area contributed by atoms with Crippen molar-refractivity contribution in [2.24, 2.45) is 0 Å². The molecule has 12 heteroatoms. The van der Waals surface area contributed by atoms with Crippen LogP contribution in [0.15, 0.2) is 82.8 Å². The maximum absolute atomic E-state index is 13.0. The summed E-state index contributed by atoms with van der Waals surface area (Å²) in [5.41, 5.74) is 3.16. The van der Waals surface area contributed by atoms with Crippen molar-refractivity contribution in [3.8, 4) is 17.1 Å². The molecule has 0 saturated carbocycles. The lowest BCUT2D eigenvalue weighted by atomic mass is 10.1. The molecule has 1 fully saturated rings. The zero-order valence-electron chi connectivity index (χ0n) is 21.1. The Morgan fingerprint density at radius 3 is 2.51 bits per heavy atom. The Kier molecular flexibility index (Phi) is 8.34. The highest BCUT2D eigenvalue weighted by atomic mass is 35.5. The number of carbonyl (C=O) groups excluding carboxylic acids is 1. The second-order valence-electron chi connectivity index (χ2n) is 8.82. The molecule has 0 aliphatic carbocycles. The van der Waals surface area contributed by atoms with Crippen LogP contribution in [0.2, 0.25) is 5.02 Å². The van der Waals surface area contributed by atoms with Crippen LogP contribution in [0.4, 0.5) is 5.69 Å². The SMILES string of the molecule is Cc1ccccc1-n1c(SCC(=O)Nc2cccc(S(=O)(=O)N3CCOCC3)c2)nnc1-c1ccc(Cl)cc1. The number of thioether (sulfide) groups is 1. The molecular formula is C27H26ClN5O4S2. The molecule has 1 amide bonds. The number of hydrogen-bond acceptors (Lipinski definition) is 7. The fourth-order valence-electron chi connectivity index (χ4n) is 4.18. The van der Waals surface area contributed by atoms with E-state index in [0.717, 1.165) is 16.8 Å². The molecule has 0 atom stereocenters. The summed E-state index contributed by atoms with van der Waals surface area (Å²) in [6.45, 7) is 3.32. The predicted octanol–water partition coefficient (Wildman–Crippen LogP) is 4.65. The summed E-state index contributed by atoms with van der Waals surface area (Å²) in [4.78, 5) is 13.0. The fraction of sp³-hybridized carbons (Fsp3) is 0.222. The molecule has 0 spiro atoms. The van der Waals surface area contributed by atoms with E-state index in [2.05, 4.69) is 15.5 Å². The summed E-state index contributed by atoms with van der Waals surface area (Å²) in [6.07, 6.45) is 0. The van der Waals surface area contributed by atoms with Gasteiger partial charge in [-0.3, -0.25) is 9.36 Å². The van der Waals surface area contributed by atoms with Gasteiger partial charge in [0.05, 0.1) is 29.5 Å². The first-order valence-electron chi connectivity index (χ1n) is 12.2. The lowest BCUT2D eigenvalue weighted by molar-refractivity contribution is -0.113. The number of halogens is 1. The van der Waals surface area contributed by atoms with Crippen LogP contribution in [0, 0.1) is 6.92 Å². The topological polar surface area (TPSA) is 106 Å². The Labute approximate surface area is 236 Å². The van der Waals surface area contributed by atoms with Crippen molar-refractivity contribution in [1.29, 1.82) is 0 Å². The van der Waals surface area contributed by atoms with E-state index in [0.29, 0.717) is 48.0 Å². The third kappa shape index (κ3) is 6.18. The van der Waals surface area contributed by atoms with E-state index in [4.69, 9.17) is 16.3 Å². The summed E-state index contributed by atoms with van der Waals surface area (Å²) in [5.74, 6) is 0.378. The molecule has 1 aromatic heterocycles. The van der Waals surface area contributed by atoms with Gasteiger partial charge < -0.3 is 10.1 Å². The van der Waals surface area contributed by atoms with E-state index in [-0.39, 0.29) is 16.6 Å². The minimum Gasteiger partial charge on any atom is -0.379 e. The number of hydrogen-bond donors (Lipinski definition) is 1. The van der Waals surface area contributed by atoms with Gasteiger partial charge in [-0.2, -0.15) is 4.31 Å². The number of nitrogens with zero attached hydrogens (tertiary/aromatic N) is 4. The number of amides is 1. The third-order valence-electron chi connectivity index (χ3n) is 6.15. The lowest BCUT2D eigenvalue weighted by Gasteiger charge is -2.26. The Bertz CT molecular complexity index is 1590. The summed E-state index contributed by atoms with van der Waals surface area (Å²) in [5, 5.41) is 12.8. The van der Waals surface area contributed by atoms with Crippen LogP contribution in [0.5, 0.6) is 0 Å². The van der Waals surface area contributed by atoms with Gasteiger partial charge in [0, 0.05) is 29.4 Å². The predicted molar refractivity (Wildman–Crippen MR) is 152 cm³/mol. The minimum absolute atomic E-state index is 0.0467. The van der Waals surface area contributed by atoms with Gasteiger partial charge in [-0.25, -0.2) is 8.42 Å². The van der Waals surface area contributed by atoms with Crippen molar-refractivity contribution in [3.63, 3.8) is 0 Å². The van der Waals surface area contributed by atoms with Gasteiger partial charge in [0.1, 0.15) is 0 Å². The molecule has 1 aliphatic rings. The van der Waals surface area contributed by atoms with Crippen LogP contribution in [0.1, 0.15) is 5.56 Å². The molecule has 0 unspecified atom stereocenters. The first-order valence-corrected chi connectivity index (χ1v) is 15.0.